The van der Waals surface area contributed by atoms with Crippen LogP contribution < -0.4 is 5.32 Å². The summed E-state index contributed by atoms with van der Waals surface area (Å²) in [5.74, 6) is 0.772. The second kappa shape index (κ2) is 8.55. The van der Waals surface area contributed by atoms with Gasteiger partial charge >= 0.3 is 0 Å². The molecule has 0 saturated heterocycles. The first-order valence-corrected chi connectivity index (χ1v) is 8.33. The molecule has 0 aliphatic heterocycles. The van der Waals surface area contributed by atoms with E-state index in [1.807, 2.05) is 0 Å². The van der Waals surface area contributed by atoms with Crippen LogP contribution >= 0.6 is 0 Å². The normalized spacial score (nSPS) is 13.9. The molecule has 2 nitrogen and oxygen atoms in total. The van der Waals surface area contributed by atoms with Gasteiger partial charge in [-0.15, -0.1) is 0 Å². The molecule has 1 atom stereocenters. The zero-order valence-corrected chi connectivity index (χ0v) is 14.8. The Morgan fingerprint density at radius 1 is 1.14 bits per heavy atom. The largest absolute Gasteiger partial charge is 0.310 e. The Morgan fingerprint density at radius 2 is 1.76 bits per heavy atom. The minimum absolute atomic E-state index is 0.198. The highest BCUT2D eigenvalue weighted by Crippen LogP contribution is 2.34. The lowest BCUT2D eigenvalue weighted by molar-refractivity contribution is 0.153. The highest BCUT2D eigenvalue weighted by atomic mass is 15.1. The first kappa shape index (κ1) is 18.2. The second-order valence-electron chi connectivity index (χ2n) is 7.31. The van der Waals surface area contributed by atoms with Crippen LogP contribution in [-0.4, -0.2) is 31.6 Å². The van der Waals surface area contributed by atoms with Crippen LogP contribution in [0.4, 0.5) is 0 Å². The van der Waals surface area contributed by atoms with Crippen LogP contribution in [0.15, 0.2) is 30.3 Å². The van der Waals surface area contributed by atoms with Gasteiger partial charge in [-0.05, 0) is 43.5 Å². The molecule has 0 saturated carbocycles. The zero-order valence-electron chi connectivity index (χ0n) is 14.8. The van der Waals surface area contributed by atoms with Gasteiger partial charge in [0.15, 0.2) is 0 Å². The average Bonchev–Trinajstić information content (AvgIpc) is 2.43. The van der Waals surface area contributed by atoms with Gasteiger partial charge in [0.1, 0.15) is 0 Å². The zero-order chi connectivity index (χ0) is 15.9. The quantitative estimate of drug-likeness (QED) is 0.728. The van der Waals surface area contributed by atoms with Crippen molar-refractivity contribution in [2.45, 2.75) is 47.1 Å². The minimum Gasteiger partial charge on any atom is -0.310 e. The monoisotopic (exact) mass is 290 g/mol. The molecule has 2 heteroatoms. The molecule has 0 spiro atoms. The number of hydrogen-bond donors (Lipinski definition) is 1. The Hall–Kier alpha value is -0.860. The summed E-state index contributed by atoms with van der Waals surface area (Å²) >= 11 is 0. The summed E-state index contributed by atoms with van der Waals surface area (Å²) in [7, 11) is 2.25. The van der Waals surface area contributed by atoms with E-state index in [-0.39, 0.29) is 5.41 Å². The van der Waals surface area contributed by atoms with Crippen molar-refractivity contribution < 1.29 is 0 Å². The molecule has 120 valence electrons. The SMILES string of the molecule is CCNC(c1ccccc1)C(C)(C)CN(C)CCC(C)C. The van der Waals surface area contributed by atoms with E-state index >= 15 is 0 Å². The first-order chi connectivity index (χ1) is 9.86. The van der Waals surface area contributed by atoms with E-state index in [9.17, 15) is 0 Å². The number of hydrogen-bond acceptors (Lipinski definition) is 2. The number of nitrogens with zero attached hydrogens (tertiary/aromatic N) is 1. The molecule has 1 rings (SSSR count). The van der Waals surface area contributed by atoms with Gasteiger partial charge in [0.2, 0.25) is 0 Å². The van der Waals surface area contributed by atoms with Crippen LogP contribution in [0.3, 0.4) is 0 Å². The summed E-state index contributed by atoms with van der Waals surface area (Å²) in [6.07, 6.45) is 1.27. The third-order valence-electron chi connectivity index (χ3n) is 4.09. The van der Waals surface area contributed by atoms with Gasteiger partial charge in [-0.3, -0.25) is 0 Å². The highest BCUT2D eigenvalue weighted by Gasteiger charge is 2.31. The van der Waals surface area contributed by atoms with Gasteiger partial charge in [0, 0.05) is 12.6 Å². The van der Waals surface area contributed by atoms with Crippen LogP contribution in [0.25, 0.3) is 0 Å². The molecule has 0 radical (unpaired) electrons. The molecule has 0 aliphatic carbocycles. The van der Waals surface area contributed by atoms with Crippen molar-refractivity contribution in [2.75, 3.05) is 26.7 Å². The van der Waals surface area contributed by atoms with E-state index < -0.39 is 0 Å². The topological polar surface area (TPSA) is 15.3 Å². The summed E-state index contributed by atoms with van der Waals surface area (Å²) in [4.78, 5) is 2.48. The van der Waals surface area contributed by atoms with Crippen LogP contribution in [0.2, 0.25) is 0 Å². The third kappa shape index (κ3) is 6.19. The Balaban J connectivity index is 2.75. The summed E-state index contributed by atoms with van der Waals surface area (Å²) in [6, 6.07) is 11.2. The fraction of sp³-hybridized carbons (Fsp3) is 0.684. The smallest absolute Gasteiger partial charge is 0.0384 e. The van der Waals surface area contributed by atoms with Crippen molar-refractivity contribution in [2.24, 2.45) is 11.3 Å². The maximum Gasteiger partial charge on any atom is 0.0384 e. The van der Waals surface area contributed by atoms with Crippen LogP contribution in [0.1, 0.15) is 52.6 Å². The predicted octanol–water partition coefficient (Wildman–Crippen LogP) is 4.34. The van der Waals surface area contributed by atoms with Crippen molar-refractivity contribution in [1.82, 2.24) is 10.2 Å². The van der Waals surface area contributed by atoms with E-state index in [1.165, 1.54) is 18.5 Å². The Kier molecular flexibility index (Phi) is 7.41. The molecule has 0 heterocycles. The molecule has 0 aliphatic rings. The lowest BCUT2D eigenvalue weighted by Gasteiger charge is -2.38. The van der Waals surface area contributed by atoms with E-state index in [1.54, 1.807) is 0 Å². The Labute approximate surface area is 131 Å². The summed E-state index contributed by atoms with van der Waals surface area (Å²) in [5.41, 5.74) is 1.59. The lowest BCUT2D eigenvalue weighted by Crippen LogP contribution is -2.42. The van der Waals surface area contributed by atoms with Gasteiger partial charge < -0.3 is 10.2 Å². The van der Waals surface area contributed by atoms with E-state index in [0.717, 1.165) is 19.0 Å². The molecule has 1 unspecified atom stereocenters. The van der Waals surface area contributed by atoms with Gasteiger partial charge in [0.05, 0.1) is 0 Å². The molecule has 1 aromatic rings. The number of nitrogens with one attached hydrogen (secondary N) is 1. The fourth-order valence-electron chi connectivity index (χ4n) is 3.04. The maximum absolute atomic E-state index is 3.68. The number of rotatable bonds is 9. The van der Waals surface area contributed by atoms with E-state index in [2.05, 4.69) is 82.2 Å². The van der Waals surface area contributed by atoms with E-state index in [0.29, 0.717) is 6.04 Å². The fourth-order valence-corrected chi connectivity index (χ4v) is 3.04. The Morgan fingerprint density at radius 3 is 2.29 bits per heavy atom. The van der Waals surface area contributed by atoms with Crippen LogP contribution in [-0.2, 0) is 0 Å². The maximum atomic E-state index is 3.68. The summed E-state index contributed by atoms with van der Waals surface area (Å²) in [5, 5.41) is 3.68. The van der Waals surface area contributed by atoms with Crippen LogP contribution in [0, 0.1) is 11.3 Å². The molecule has 1 aromatic carbocycles. The average molecular weight is 290 g/mol. The Bertz CT molecular complexity index is 384. The van der Waals surface area contributed by atoms with Gasteiger partial charge in [-0.25, -0.2) is 0 Å². The molecular formula is C19H34N2. The van der Waals surface area contributed by atoms with Crippen molar-refractivity contribution in [3.63, 3.8) is 0 Å². The van der Waals surface area contributed by atoms with E-state index in [4.69, 9.17) is 0 Å². The first-order valence-electron chi connectivity index (χ1n) is 8.33. The van der Waals surface area contributed by atoms with Crippen LogP contribution in [0.5, 0.6) is 0 Å². The highest BCUT2D eigenvalue weighted by molar-refractivity contribution is 5.21. The summed E-state index contributed by atoms with van der Waals surface area (Å²) < 4.78 is 0. The molecule has 0 fully saturated rings. The van der Waals surface area contributed by atoms with Gasteiger partial charge in [-0.2, -0.15) is 0 Å². The van der Waals surface area contributed by atoms with Crippen molar-refractivity contribution >= 4 is 0 Å². The minimum atomic E-state index is 0.198. The predicted molar refractivity (Wildman–Crippen MR) is 93.6 cm³/mol. The molecule has 1 N–H and O–H groups in total. The van der Waals surface area contributed by atoms with Gasteiger partial charge in [-0.1, -0.05) is 65.0 Å². The van der Waals surface area contributed by atoms with Gasteiger partial charge in [0.25, 0.3) is 0 Å². The molecule has 0 bridgehead atoms. The summed E-state index contributed by atoms with van der Waals surface area (Å²) in [6.45, 7) is 14.8. The van der Waals surface area contributed by atoms with Crippen molar-refractivity contribution in [1.29, 1.82) is 0 Å². The number of benzene rings is 1. The molecule has 21 heavy (non-hydrogen) atoms. The molecular weight excluding hydrogens is 256 g/mol. The molecule has 0 aromatic heterocycles. The standard InChI is InChI=1S/C19H34N2/c1-7-20-18(17-11-9-8-10-12-17)19(4,5)15-21(6)14-13-16(2)3/h8-12,16,18,20H,7,13-15H2,1-6H3. The second-order valence-corrected chi connectivity index (χ2v) is 7.31. The lowest BCUT2D eigenvalue weighted by atomic mass is 9.79. The van der Waals surface area contributed by atoms with Crippen molar-refractivity contribution in [3.8, 4) is 0 Å². The molecule has 0 amide bonds. The van der Waals surface area contributed by atoms with Crippen molar-refractivity contribution in [3.05, 3.63) is 35.9 Å². The third-order valence-corrected chi connectivity index (χ3v) is 4.09.